The topological polar surface area (TPSA) is 77.8 Å². The van der Waals surface area contributed by atoms with E-state index in [-0.39, 0.29) is 33.5 Å². The first-order valence-corrected chi connectivity index (χ1v) is 14.0. The zero-order valence-corrected chi connectivity index (χ0v) is 22.4. The van der Waals surface area contributed by atoms with E-state index < -0.39 is 23.6 Å². The third-order valence-electron chi connectivity index (χ3n) is 13.1. The van der Waals surface area contributed by atoms with Gasteiger partial charge in [-0.2, -0.15) is 0 Å². The molecule has 11 atom stereocenters. The van der Waals surface area contributed by atoms with Gasteiger partial charge in [0.05, 0.1) is 17.6 Å². The van der Waals surface area contributed by atoms with Crippen molar-refractivity contribution in [2.45, 2.75) is 118 Å². The van der Waals surface area contributed by atoms with Crippen molar-refractivity contribution in [2.75, 3.05) is 0 Å². The summed E-state index contributed by atoms with van der Waals surface area (Å²) >= 11 is 0. The minimum atomic E-state index is -1.15. The summed E-state index contributed by atoms with van der Waals surface area (Å²) in [4.78, 5) is 12.5. The Morgan fingerprint density at radius 1 is 1.00 bits per heavy atom. The summed E-state index contributed by atoms with van der Waals surface area (Å²) in [6.45, 7) is 13.6. The van der Waals surface area contributed by atoms with Gasteiger partial charge in [0, 0.05) is 0 Å². The molecule has 0 aliphatic heterocycles. The van der Waals surface area contributed by atoms with Gasteiger partial charge in [0.25, 0.3) is 0 Å². The molecule has 3 N–H and O–H groups in total. The van der Waals surface area contributed by atoms with Crippen LogP contribution in [-0.4, -0.2) is 33.5 Å². The van der Waals surface area contributed by atoms with E-state index in [1.807, 2.05) is 0 Å². The van der Waals surface area contributed by atoms with Gasteiger partial charge in [-0.25, -0.2) is 0 Å². The molecule has 5 aliphatic rings. The van der Waals surface area contributed by atoms with Crippen LogP contribution in [0, 0.1) is 50.7 Å². The molecular formula is C30H48O4. The molecule has 0 heterocycles. The van der Waals surface area contributed by atoms with Crippen LogP contribution < -0.4 is 0 Å². The molecule has 4 nitrogen and oxygen atoms in total. The van der Waals surface area contributed by atoms with E-state index in [0.717, 1.165) is 25.7 Å². The third kappa shape index (κ3) is 2.82. The van der Waals surface area contributed by atoms with Gasteiger partial charge in [0.1, 0.15) is 0 Å². The number of aliphatic carboxylic acids is 1. The molecule has 2 spiro atoms. The second-order valence-corrected chi connectivity index (χ2v) is 14.3. The van der Waals surface area contributed by atoms with Crippen molar-refractivity contribution < 1.29 is 20.1 Å². The van der Waals surface area contributed by atoms with E-state index >= 15 is 0 Å². The van der Waals surface area contributed by atoms with Gasteiger partial charge in [0.15, 0.2) is 0 Å². The highest BCUT2D eigenvalue weighted by atomic mass is 16.4. The maximum atomic E-state index is 12.5. The van der Waals surface area contributed by atoms with Crippen LogP contribution in [0.4, 0.5) is 0 Å². The smallest absolute Gasteiger partial charge is 0.312 e. The quantitative estimate of drug-likeness (QED) is 0.416. The summed E-state index contributed by atoms with van der Waals surface area (Å²) in [6.07, 6.45) is 11.4. The second-order valence-electron chi connectivity index (χ2n) is 14.3. The van der Waals surface area contributed by atoms with Gasteiger partial charge < -0.3 is 15.3 Å². The van der Waals surface area contributed by atoms with E-state index in [4.69, 9.17) is 0 Å². The molecule has 0 saturated heterocycles. The zero-order valence-electron chi connectivity index (χ0n) is 22.4. The molecule has 0 radical (unpaired) electrons. The van der Waals surface area contributed by atoms with Gasteiger partial charge in [-0.3, -0.25) is 4.79 Å². The molecular weight excluding hydrogens is 424 g/mol. The number of hydrogen-bond acceptors (Lipinski definition) is 3. The van der Waals surface area contributed by atoms with Gasteiger partial charge in [-0.1, -0.05) is 32.4 Å². The summed E-state index contributed by atoms with van der Waals surface area (Å²) in [5.41, 5.74) is 0.660. The SMILES string of the molecule is CC(C)=CCC[C@@H](C)[C@H]1CC[C@@]2(C)[C@@H]3[C@@H](O)C[C@H]4[C@](C)(C(=O)O)[C@@H](O)CC[C@@]45C[C@@]35CC[C@]12C. The average Bonchev–Trinajstić information content (AvgIpc) is 3.31. The lowest BCUT2D eigenvalue weighted by Gasteiger charge is -2.64. The number of carbonyl (C=O) groups is 1. The van der Waals surface area contributed by atoms with Crippen molar-refractivity contribution in [1.82, 2.24) is 0 Å². The Bertz CT molecular complexity index is 892. The number of fused-ring (bicyclic) bond motifs is 2. The highest BCUT2D eigenvalue weighted by Crippen LogP contribution is 2.89. The Labute approximate surface area is 206 Å². The summed E-state index contributed by atoms with van der Waals surface area (Å²) < 4.78 is 0. The van der Waals surface area contributed by atoms with E-state index in [1.165, 1.54) is 31.3 Å². The van der Waals surface area contributed by atoms with Crippen LogP contribution in [-0.2, 0) is 4.79 Å². The Balaban J connectivity index is 1.47. The Morgan fingerprint density at radius 3 is 2.35 bits per heavy atom. The van der Waals surface area contributed by atoms with Gasteiger partial charge >= 0.3 is 5.97 Å². The molecule has 5 saturated carbocycles. The fourth-order valence-electron chi connectivity index (χ4n) is 11.2. The van der Waals surface area contributed by atoms with Crippen molar-refractivity contribution in [1.29, 1.82) is 0 Å². The van der Waals surface area contributed by atoms with Crippen LogP contribution in [0.15, 0.2) is 11.6 Å². The first-order valence-electron chi connectivity index (χ1n) is 14.0. The lowest BCUT2D eigenvalue weighted by molar-refractivity contribution is -0.211. The molecule has 0 aromatic carbocycles. The zero-order chi connectivity index (χ0) is 24.9. The standard InChI is InChI=1S/C30H48O4/c1-18(2)8-7-9-19(3)20-10-12-27(5)24-21(31)16-22-28(6,25(33)34)23(32)11-13-29(22)17-30(24,29)15-14-26(20,27)4/h8,19-24,31-32H,7,9-17H2,1-6H3,(H,33,34)/t19-,20-,21+,22+,23+,24+,26-,27+,28+,29-,30+/m1/s1. The van der Waals surface area contributed by atoms with Crippen LogP contribution in [0.3, 0.4) is 0 Å². The van der Waals surface area contributed by atoms with Crippen molar-refractivity contribution in [2.24, 2.45) is 50.7 Å². The summed E-state index contributed by atoms with van der Waals surface area (Å²) in [7, 11) is 0. The predicted molar refractivity (Wildman–Crippen MR) is 134 cm³/mol. The largest absolute Gasteiger partial charge is 0.481 e. The molecule has 192 valence electrons. The van der Waals surface area contributed by atoms with Crippen molar-refractivity contribution in [3.8, 4) is 0 Å². The number of aliphatic hydroxyl groups is 2. The van der Waals surface area contributed by atoms with Crippen molar-refractivity contribution in [3.05, 3.63) is 11.6 Å². The number of hydrogen-bond donors (Lipinski definition) is 3. The van der Waals surface area contributed by atoms with Crippen molar-refractivity contribution >= 4 is 5.97 Å². The highest BCUT2D eigenvalue weighted by molar-refractivity contribution is 5.76. The lowest BCUT2D eigenvalue weighted by atomic mass is 9.41. The van der Waals surface area contributed by atoms with E-state index in [1.54, 1.807) is 6.92 Å². The molecule has 5 aliphatic carbocycles. The summed E-state index contributed by atoms with van der Waals surface area (Å²) in [5.74, 6) is 0.629. The van der Waals surface area contributed by atoms with Gasteiger partial charge in [0.2, 0.25) is 0 Å². The van der Waals surface area contributed by atoms with Crippen LogP contribution >= 0.6 is 0 Å². The molecule has 5 fully saturated rings. The number of allylic oxidation sites excluding steroid dienone is 2. The van der Waals surface area contributed by atoms with Crippen molar-refractivity contribution in [3.63, 3.8) is 0 Å². The first-order chi connectivity index (χ1) is 15.8. The van der Waals surface area contributed by atoms with Crippen LogP contribution in [0.5, 0.6) is 0 Å². The summed E-state index contributed by atoms with van der Waals surface area (Å²) in [6, 6.07) is 0. The van der Waals surface area contributed by atoms with E-state index in [0.29, 0.717) is 24.7 Å². The molecule has 0 bridgehead atoms. The maximum absolute atomic E-state index is 12.5. The number of carboxylic acids is 1. The van der Waals surface area contributed by atoms with Gasteiger partial charge in [-0.05, 0) is 130 Å². The minimum Gasteiger partial charge on any atom is -0.481 e. The lowest BCUT2D eigenvalue weighted by Crippen LogP contribution is -2.63. The Kier molecular flexibility index (Phi) is 5.52. The molecule has 5 rings (SSSR count). The predicted octanol–water partition coefficient (Wildman–Crippen LogP) is 6.20. The molecule has 0 aromatic rings. The maximum Gasteiger partial charge on any atom is 0.312 e. The monoisotopic (exact) mass is 472 g/mol. The molecule has 0 unspecified atom stereocenters. The average molecular weight is 473 g/mol. The fourth-order valence-corrected chi connectivity index (χ4v) is 11.2. The van der Waals surface area contributed by atoms with Gasteiger partial charge in [-0.15, -0.1) is 0 Å². The van der Waals surface area contributed by atoms with E-state index in [2.05, 4.69) is 40.7 Å². The Morgan fingerprint density at radius 2 is 1.71 bits per heavy atom. The number of aliphatic hydroxyl groups excluding tert-OH is 2. The number of rotatable bonds is 5. The first kappa shape index (κ1) is 24.8. The molecule has 4 heteroatoms. The van der Waals surface area contributed by atoms with Crippen LogP contribution in [0.1, 0.15) is 106 Å². The third-order valence-corrected chi connectivity index (χ3v) is 13.1. The minimum absolute atomic E-state index is 0.000751. The molecule has 0 amide bonds. The normalized spacial score (nSPS) is 54.2. The highest BCUT2D eigenvalue weighted by Gasteiger charge is 2.84. The Hall–Kier alpha value is -0.870. The molecule has 0 aromatic heterocycles. The van der Waals surface area contributed by atoms with Crippen LogP contribution in [0.25, 0.3) is 0 Å². The fraction of sp³-hybridized carbons (Fsp3) is 0.900. The molecule has 34 heavy (non-hydrogen) atoms. The second kappa shape index (κ2) is 7.57. The van der Waals surface area contributed by atoms with E-state index in [9.17, 15) is 20.1 Å². The van der Waals surface area contributed by atoms with Crippen LogP contribution in [0.2, 0.25) is 0 Å². The number of carboxylic acid groups (broad SMARTS) is 1. The summed E-state index contributed by atoms with van der Waals surface area (Å²) in [5, 5.41) is 32.8.